The number of hydrogen-bond acceptors (Lipinski definition) is 2. The third kappa shape index (κ3) is 5.24. The molecular weight excluding hydrogens is 481 g/mol. The van der Waals surface area contributed by atoms with Crippen molar-refractivity contribution in [1.29, 1.82) is 0 Å². The molecule has 0 radical (unpaired) electrons. The Labute approximate surface area is 204 Å². The maximum Gasteiger partial charge on any atom is 0.411 e. The van der Waals surface area contributed by atoms with Crippen LogP contribution in [0, 0.1) is 5.82 Å². The molecule has 3 nitrogen and oxygen atoms in total. The van der Waals surface area contributed by atoms with Crippen LogP contribution in [0.3, 0.4) is 0 Å². The fourth-order valence-electron chi connectivity index (χ4n) is 5.01. The summed E-state index contributed by atoms with van der Waals surface area (Å²) < 4.78 is 21.4. The summed E-state index contributed by atoms with van der Waals surface area (Å²) in [5.74, 6) is 0.135. The Hall–Kier alpha value is -2.40. The average molecular weight is 512 g/mol. The van der Waals surface area contributed by atoms with E-state index in [-0.39, 0.29) is 24.0 Å². The Bertz CT molecular complexity index is 1160. The van der Waals surface area contributed by atoms with Gasteiger partial charge in [0.25, 0.3) is 0 Å². The highest BCUT2D eigenvalue weighted by molar-refractivity contribution is 9.10. The van der Waals surface area contributed by atoms with Gasteiger partial charge < -0.3 is 4.74 Å². The van der Waals surface area contributed by atoms with Crippen molar-refractivity contribution in [3.8, 4) is 0 Å². The Morgan fingerprint density at radius 1 is 1.06 bits per heavy atom. The van der Waals surface area contributed by atoms with E-state index in [9.17, 15) is 9.18 Å². The van der Waals surface area contributed by atoms with Crippen LogP contribution in [0.5, 0.6) is 0 Å². The third-order valence-corrected chi connectivity index (χ3v) is 6.99. The van der Waals surface area contributed by atoms with Crippen molar-refractivity contribution in [2.75, 3.05) is 0 Å². The van der Waals surface area contributed by atoms with Gasteiger partial charge in [-0.05, 0) is 87.6 Å². The van der Waals surface area contributed by atoms with Gasteiger partial charge in [-0.25, -0.2) is 9.18 Å². The van der Waals surface area contributed by atoms with Crippen molar-refractivity contribution in [3.05, 3.63) is 82.1 Å². The van der Waals surface area contributed by atoms with E-state index < -0.39 is 5.60 Å². The van der Waals surface area contributed by atoms with Crippen molar-refractivity contribution in [1.82, 2.24) is 4.90 Å². The first-order chi connectivity index (χ1) is 15.6. The van der Waals surface area contributed by atoms with Gasteiger partial charge in [-0.1, -0.05) is 58.4 Å². The van der Waals surface area contributed by atoms with Gasteiger partial charge in [0.15, 0.2) is 0 Å². The Kier molecular flexibility index (Phi) is 6.81. The van der Waals surface area contributed by atoms with Gasteiger partial charge in [0.05, 0.1) is 6.04 Å². The molecule has 0 heterocycles. The van der Waals surface area contributed by atoms with Crippen LogP contribution in [-0.4, -0.2) is 22.6 Å². The molecule has 0 saturated heterocycles. The molecule has 3 aromatic rings. The van der Waals surface area contributed by atoms with E-state index in [1.54, 1.807) is 12.1 Å². The highest BCUT2D eigenvalue weighted by atomic mass is 79.9. The molecule has 1 saturated carbocycles. The van der Waals surface area contributed by atoms with E-state index in [0.29, 0.717) is 11.3 Å². The SMILES string of the molecule is CC(c1ccc(F)c2ccccc12)N(C(=O)OC(C)(C)C)C1CCC(c2cccc(Br)c2)C1. The number of benzene rings is 3. The first-order valence-corrected chi connectivity index (χ1v) is 12.4. The largest absolute Gasteiger partial charge is 0.444 e. The van der Waals surface area contributed by atoms with Crippen LogP contribution < -0.4 is 0 Å². The number of hydrogen-bond donors (Lipinski definition) is 0. The van der Waals surface area contributed by atoms with Gasteiger partial charge in [-0.2, -0.15) is 0 Å². The summed E-state index contributed by atoms with van der Waals surface area (Å²) in [4.78, 5) is 15.4. The van der Waals surface area contributed by atoms with Gasteiger partial charge in [0, 0.05) is 15.9 Å². The van der Waals surface area contributed by atoms with Gasteiger partial charge in [-0.15, -0.1) is 0 Å². The second-order valence-corrected chi connectivity index (χ2v) is 10.9. The Morgan fingerprint density at radius 3 is 2.48 bits per heavy atom. The maximum atomic E-state index is 14.5. The number of halogens is 2. The minimum atomic E-state index is -0.595. The minimum Gasteiger partial charge on any atom is -0.444 e. The number of carbonyl (C=O) groups is 1. The van der Waals surface area contributed by atoms with Gasteiger partial charge in [0.1, 0.15) is 11.4 Å². The first kappa shape index (κ1) is 23.7. The van der Waals surface area contributed by atoms with Crippen LogP contribution in [0.4, 0.5) is 9.18 Å². The molecule has 1 amide bonds. The lowest BCUT2D eigenvalue weighted by atomic mass is 9.95. The van der Waals surface area contributed by atoms with Crippen molar-refractivity contribution < 1.29 is 13.9 Å². The van der Waals surface area contributed by atoms with Gasteiger partial charge in [0.2, 0.25) is 0 Å². The van der Waals surface area contributed by atoms with Crippen molar-refractivity contribution in [2.24, 2.45) is 0 Å². The molecule has 174 valence electrons. The highest BCUT2D eigenvalue weighted by Crippen LogP contribution is 2.41. The van der Waals surface area contributed by atoms with Crippen LogP contribution in [0.1, 0.15) is 70.0 Å². The van der Waals surface area contributed by atoms with E-state index >= 15 is 0 Å². The van der Waals surface area contributed by atoms with Gasteiger partial charge in [-0.3, -0.25) is 4.90 Å². The van der Waals surface area contributed by atoms with E-state index in [2.05, 4.69) is 34.1 Å². The number of ether oxygens (including phenoxy) is 1. The van der Waals surface area contributed by atoms with Crippen LogP contribution in [-0.2, 0) is 4.74 Å². The maximum absolute atomic E-state index is 14.5. The molecule has 3 atom stereocenters. The van der Waals surface area contributed by atoms with Crippen molar-refractivity contribution in [3.63, 3.8) is 0 Å². The molecule has 0 N–H and O–H groups in total. The van der Waals surface area contributed by atoms with Crippen molar-refractivity contribution in [2.45, 2.75) is 70.6 Å². The molecule has 0 bridgehead atoms. The topological polar surface area (TPSA) is 29.5 Å². The smallest absolute Gasteiger partial charge is 0.411 e. The molecule has 1 aliphatic carbocycles. The Balaban J connectivity index is 1.69. The zero-order chi connectivity index (χ0) is 23.8. The summed E-state index contributed by atoms with van der Waals surface area (Å²) in [5, 5.41) is 1.41. The molecule has 1 aliphatic rings. The highest BCUT2D eigenvalue weighted by Gasteiger charge is 2.38. The zero-order valence-corrected chi connectivity index (χ0v) is 21.2. The predicted molar refractivity (Wildman–Crippen MR) is 135 cm³/mol. The second kappa shape index (κ2) is 9.46. The monoisotopic (exact) mass is 511 g/mol. The predicted octanol–water partition coefficient (Wildman–Crippen LogP) is 8.38. The number of carbonyl (C=O) groups excluding carboxylic acids is 1. The third-order valence-electron chi connectivity index (χ3n) is 6.49. The molecule has 4 rings (SSSR count). The van der Waals surface area contributed by atoms with E-state index in [4.69, 9.17) is 4.74 Å². The number of fused-ring (bicyclic) bond motifs is 1. The lowest BCUT2D eigenvalue weighted by Crippen LogP contribution is -2.44. The summed E-state index contributed by atoms with van der Waals surface area (Å²) in [6.45, 7) is 7.69. The normalized spacial score (nSPS) is 19.5. The molecule has 0 aliphatic heterocycles. The molecule has 1 fully saturated rings. The van der Waals surface area contributed by atoms with Crippen LogP contribution in [0.25, 0.3) is 10.8 Å². The van der Waals surface area contributed by atoms with Crippen LogP contribution in [0.15, 0.2) is 65.1 Å². The summed E-state index contributed by atoms with van der Waals surface area (Å²) in [5.41, 5.74) is 1.63. The fourth-order valence-corrected chi connectivity index (χ4v) is 5.43. The molecule has 33 heavy (non-hydrogen) atoms. The quantitative estimate of drug-likeness (QED) is 0.352. The second-order valence-electron chi connectivity index (χ2n) is 9.96. The van der Waals surface area contributed by atoms with E-state index in [1.165, 1.54) is 11.6 Å². The van der Waals surface area contributed by atoms with Crippen LogP contribution >= 0.6 is 15.9 Å². The minimum absolute atomic E-state index is 0.0441. The van der Waals surface area contributed by atoms with Gasteiger partial charge >= 0.3 is 6.09 Å². The molecular formula is C28H31BrFNO2. The summed E-state index contributed by atoms with van der Waals surface area (Å²) >= 11 is 3.58. The molecule has 3 aromatic carbocycles. The summed E-state index contributed by atoms with van der Waals surface area (Å²) in [6.07, 6.45) is 2.47. The zero-order valence-electron chi connectivity index (χ0n) is 19.6. The summed E-state index contributed by atoms with van der Waals surface area (Å²) in [7, 11) is 0. The number of nitrogens with zero attached hydrogens (tertiary/aromatic N) is 1. The van der Waals surface area contributed by atoms with E-state index in [0.717, 1.165) is 34.7 Å². The summed E-state index contributed by atoms with van der Waals surface area (Å²) in [6, 6.07) is 19.0. The standard InChI is InChI=1S/C28H31BrFNO2/c1-18(23-14-15-26(30)25-11-6-5-10-24(23)25)31(27(32)33-28(2,3)4)22-13-12-20(17-22)19-8-7-9-21(29)16-19/h5-11,14-16,18,20,22H,12-13,17H2,1-4H3. The Morgan fingerprint density at radius 2 is 1.79 bits per heavy atom. The van der Waals surface area contributed by atoms with E-state index in [1.807, 2.05) is 56.9 Å². The molecule has 0 spiro atoms. The first-order valence-electron chi connectivity index (χ1n) is 11.6. The lowest BCUT2D eigenvalue weighted by molar-refractivity contribution is 0.00693. The number of amides is 1. The molecule has 0 aromatic heterocycles. The van der Waals surface area contributed by atoms with Crippen molar-refractivity contribution >= 4 is 32.8 Å². The molecule has 5 heteroatoms. The fraction of sp³-hybridized carbons (Fsp3) is 0.393. The number of rotatable bonds is 4. The van der Waals surface area contributed by atoms with Crippen LogP contribution in [0.2, 0.25) is 0 Å². The molecule has 3 unspecified atom stereocenters. The average Bonchev–Trinajstić information content (AvgIpc) is 3.22. The lowest BCUT2D eigenvalue weighted by Gasteiger charge is -2.37.